The summed E-state index contributed by atoms with van der Waals surface area (Å²) in [5.74, 6) is 0. The smallest absolute Gasteiger partial charge is 0.136 e. The Bertz CT molecular complexity index is 3260. The van der Waals surface area contributed by atoms with Crippen molar-refractivity contribution in [2.75, 3.05) is 0 Å². The highest BCUT2D eigenvalue weighted by atomic mass is 16.3. The lowest BCUT2D eigenvalue weighted by molar-refractivity contribution is 0.669. The fourth-order valence-electron chi connectivity index (χ4n) is 5.99. The molecule has 0 saturated carbocycles. The number of fused-ring (bicyclic) bond motifs is 6. The molecule has 0 bridgehead atoms. The monoisotopic (exact) mass is 561 g/mol. The van der Waals surface area contributed by atoms with Gasteiger partial charge in [-0.25, -0.2) is 0 Å². The number of furan rings is 1. The zero-order valence-corrected chi connectivity index (χ0v) is 22.3. The van der Waals surface area contributed by atoms with E-state index in [2.05, 4.69) is 0 Å². The average Bonchev–Trinajstić information content (AvgIpc) is 3.60. The molecule has 0 atom stereocenters. The summed E-state index contributed by atoms with van der Waals surface area (Å²) in [6.45, 7) is 0. The first-order chi connectivity index (χ1) is 27.6. The average molecular weight is 562 g/mol. The third-order valence-corrected chi connectivity index (χ3v) is 7.82. The zero-order valence-electron chi connectivity index (χ0n) is 37.3. The van der Waals surface area contributed by atoms with E-state index in [1.807, 2.05) is 42.5 Å². The number of benzene rings is 8. The van der Waals surface area contributed by atoms with Gasteiger partial charge >= 0.3 is 0 Å². The highest BCUT2D eigenvalue weighted by Gasteiger charge is 2.20. The van der Waals surface area contributed by atoms with Crippen molar-refractivity contribution in [3.63, 3.8) is 0 Å². The second-order valence-electron chi connectivity index (χ2n) is 10.1. The number of hydrogen-bond acceptors (Lipinski definition) is 1. The molecule has 0 spiro atoms. The normalized spacial score (nSPS) is 16.6. The molecular weight excluding hydrogens is 520 g/mol. The van der Waals surface area contributed by atoms with E-state index < -0.39 is 107 Å². The summed E-state index contributed by atoms with van der Waals surface area (Å²) in [5.41, 5.74) is 1.92. The SMILES string of the molecule is [2H]c1c([2H])c([2H])c2c(-c3c4c([2H])c([2H])c([2H])c([2H])c4c(-c4ccccc4-c4ccc5c(c4)oc4ccccc45)c4c([2H])c([2H])c([2H])c([2H])c34)c([2H])c([2H])c([2H])c2c1[2H]. The Balaban J connectivity index is 1.56. The molecule has 0 radical (unpaired) electrons. The van der Waals surface area contributed by atoms with E-state index in [1.165, 1.54) is 0 Å². The van der Waals surface area contributed by atoms with Gasteiger partial charge in [0.15, 0.2) is 0 Å². The summed E-state index contributed by atoms with van der Waals surface area (Å²) in [6, 6.07) is 9.79. The van der Waals surface area contributed by atoms with Gasteiger partial charge in [-0.05, 0) is 83.9 Å². The molecule has 0 N–H and O–H groups in total. The van der Waals surface area contributed by atoms with Crippen molar-refractivity contribution in [2.45, 2.75) is 0 Å². The fourth-order valence-corrected chi connectivity index (χ4v) is 5.99. The molecule has 0 aliphatic rings. The molecule has 0 unspecified atom stereocenters. The van der Waals surface area contributed by atoms with Crippen LogP contribution in [0.3, 0.4) is 0 Å². The molecular formula is C42H26O. The van der Waals surface area contributed by atoms with Gasteiger partial charge in [-0.2, -0.15) is 0 Å². The molecule has 0 saturated heterocycles. The van der Waals surface area contributed by atoms with Gasteiger partial charge in [0.2, 0.25) is 0 Å². The molecule has 43 heavy (non-hydrogen) atoms. The van der Waals surface area contributed by atoms with E-state index in [4.69, 9.17) is 18.1 Å². The van der Waals surface area contributed by atoms with Gasteiger partial charge < -0.3 is 4.42 Å². The third kappa shape index (κ3) is 3.65. The van der Waals surface area contributed by atoms with Crippen LogP contribution < -0.4 is 0 Å². The molecule has 0 aliphatic carbocycles. The molecule has 1 heterocycles. The van der Waals surface area contributed by atoms with Gasteiger partial charge in [-0.1, -0.05) is 139 Å². The first kappa shape index (κ1) is 13.5. The molecule has 0 aliphatic heterocycles. The van der Waals surface area contributed by atoms with E-state index >= 15 is 0 Å². The van der Waals surface area contributed by atoms with Crippen LogP contribution >= 0.6 is 0 Å². The van der Waals surface area contributed by atoms with Crippen LogP contribution in [0.2, 0.25) is 0 Å². The second-order valence-corrected chi connectivity index (χ2v) is 10.1. The van der Waals surface area contributed by atoms with Crippen LogP contribution in [0.4, 0.5) is 0 Å². The molecule has 1 heteroatoms. The summed E-state index contributed by atoms with van der Waals surface area (Å²) < 4.78 is 141. The molecule has 0 amide bonds. The van der Waals surface area contributed by atoms with Crippen molar-refractivity contribution in [2.24, 2.45) is 0 Å². The van der Waals surface area contributed by atoms with Gasteiger partial charge in [-0.3, -0.25) is 0 Å². The number of para-hydroxylation sites is 1. The topological polar surface area (TPSA) is 13.1 Å². The van der Waals surface area contributed by atoms with Crippen LogP contribution in [0.1, 0.15) is 20.6 Å². The molecule has 200 valence electrons. The van der Waals surface area contributed by atoms with Crippen molar-refractivity contribution in [3.05, 3.63) is 157 Å². The van der Waals surface area contributed by atoms with E-state index in [0.717, 1.165) is 10.8 Å². The second kappa shape index (κ2) is 9.44. The highest BCUT2D eigenvalue weighted by Crippen LogP contribution is 2.47. The molecule has 1 aromatic heterocycles. The van der Waals surface area contributed by atoms with Gasteiger partial charge in [-0.15, -0.1) is 0 Å². The van der Waals surface area contributed by atoms with Gasteiger partial charge in [0.05, 0.1) is 20.6 Å². The van der Waals surface area contributed by atoms with Crippen LogP contribution in [-0.2, 0) is 0 Å². The summed E-state index contributed by atoms with van der Waals surface area (Å²) >= 11 is 0. The fraction of sp³-hybridized carbons (Fsp3) is 0. The van der Waals surface area contributed by atoms with Crippen molar-refractivity contribution in [1.82, 2.24) is 0 Å². The van der Waals surface area contributed by atoms with Crippen LogP contribution in [0.25, 0.3) is 87.6 Å². The van der Waals surface area contributed by atoms with E-state index in [0.29, 0.717) is 27.9 Å². The summed E-state index contributed by atoms with van der Waals surface area (Å²) in [5, 5.41) is -0.0780. The highest BCUT2D eigenvalue weighted by molar-refractivity contribution is 6.24. The predicted molar refractivity (Wildman–Crippen MR) is 183 cm³/mol. The van der Waals surface area contributed by atoms with E-state index in [9.17, 15) is 6.85 Å². The first-order valence-electron chi connectivity index (χ1n) is 21.1. The van der Waals surface area contributed by atoms with Crippen molar-refractivity contribution >= 4 is 54.3 Å². The summed E-state index contributed by atoms with van der Waals surface area (Å²) in [6.07, 6.45) is 0. The van der Waals surface area contributed by atoms with Gasteiger partial charge in [0, 0.05) is 10.8 Å². The minimum atomic E-state index is -0.758. The molecule has 9 rings (SSSR count). The molecule has 0 fully saturated rings. The van der Waals surface area contributed by atoms with E-state index in [-0.39, 0.29) is 32.7 Å². The quantitative estimate of drug-likeness (QED) is 0.196. The Morgan fingerprint density at radius 3 is 1.70 bits per heavy atom. The lowest BCUT2D eigenvalue weighted by atomic mass is 9.83. The Kier molecular flexibility index (Phi) is 2.97. The standard InChI is InChI=1S/C42H26O/c1-2-14-29-27(12-1)13-11-22-34(29)42-37-20-7-5-18-35(37)41(36-19-6-8-21-38(36)42)33-17-4-3-15-30(33)28-24-25-32-31-16-9-10-23-39(31)43-40(32)26-28/h1-26H/i1D,2D,5D,6D,7D,8D,11D,12D,13D,14D,18D,19D,20D,21D,22D. The summed E-state index contributed by atoms with van der Waals surface area (Å²) in [4.78, 5) is 0. The Labute approximate surface area is 270 Å². The Morgan fingerprint density at radius 1 is 0.395 bits per heavy atom. The molecule has 1 nitrogen and oxygen atoms in total. The van der Waals surface area contributed by atoms with Crippen molar-refractivity contribution < 1.29 is 25.0 Å². The lowest BCUT2D eigenvalue weighted by Crippen LogP contribution is -1.93. The number of hydrogen-bond donors (Lipinski definition) is 0. The zero-order chi connectivity index (χ0) is 41.4. The van der Waals surface area contributed by atoms with Crippen LogP contribution in [0.15, 0.2) is 162 Å². The number of rotatable bonds is 3. The maximum Gasteiger partial charge on any atom is 0.136 e. The van der Waals surface area contributed by atoms with Crippen LogP contribution in [0.5, 0.6) is 0 Å². The van der Waals surface area contributed by atoms with Crippen molar-refractivity contribution in [3.8, 4) is 33.4 Å². The van der Waals surface area contributed by atoms with Crippen molar-refractivity contribution in [1.29, 1.82) is 0 Å². The van der Waals surface area contributed by atoms with Crippen LogP contribution in [-0.4, -0.2) is 0 Å². The Morgan fingerprint density at radius 2 is 0.953 bits per heavy atom. The van der Waals surface area contributed by atoms with Crippen LogP contribution in [0, 0.1) is 0 Å². The predicted octanol–water partition coefficient (Wildman–Crippen LogP) is 12.0. The molecule has 8 aromatic carbocycles. The maximum atomic E-state index is 9.41. The minimum Gasteiger partial charge on any atom is -0.456 e. The summed E-state index contributed by atoms with van der Waals surface area (Å²) in [7, 11) is 0. The maximum absolute atomic E-state index is 9.41. The third-order valence-electron chi connectivity index (χ3n) is 7.82. The Hall–Kier alpha value is -5.66. The van der Waals surface area contributed by atoms with E-state index in [1.54, 1.807) is 24.3 Å². The van der Waals surface area contributed by atoms with Gasteiger partial charge in [0.1, 0.15) is 11.2 Å². The van der Waals surface area contributed by atoms with Gasteiger partial charge in [0.25, 0.3) is 0 Å². The first-order valence-corrected chi connectivity index (χ1v) is 13.6. The molecule has 9 aromatic rings. The lowest BCUT2D eigenvalue weighted by Gasteiger charge is -2.20. The largest absolute Gasteiger partial charge is 0.456 e. The minimum absolute atomic E-state index is 0.0222.